The summed E-state index contributed by atoms with van der Waals surface area (Å²) in [5, 5.41) is 15.4. The van der Waals surface area contributed by atoms with E-state index < -0.39 is 15.9 Å². The molecular weight excluding hydrogens is 607 g/mol. The second-order valence-corrected chi connectivity index (χ2v) is 14.0. The predicted octanol–water partition coefficient (Wildman–Crippen LogP) is 4.40. The molecule has 0 fully saturated rings. The van der Waals surface area contributed by atoms with Gasteiger partial charge in [-0.2, -0.15) is 0 Å². The van der Waals surface area contributed by atoms with Crippen LogP contribution in [0.3, 0.4) is 0 Å². The minimum atomic E-state index is -3.61. The molecule has 5 rings (SSSR count). The van der Waals surface area contributed by atoms with Gasteiger partial charge >= 0.3 is 0 Å². The Morgan fingerprint density at radius 3 is 2.47 bits per heavy atom. The Bertz CT molecular complexity index is 1880. The third-order valence-corrected chi connectivity index (χ3v) is 10.2. The van der Waals surface area contributed by atoms with Crippen molar-refractivity contribution < 1.29 is 18.0 Å². The largest absolute Gasteiger partial charge is 0.345 e. The van der Waals surface area contributed by atoms with Gasteiger partial charge in [0.05, 0.1) is 33.1 Å². The molecule has 43 heavy (non-hydrogen) atoms. The highest BCUT2D eigenvalue weighted by Crippen LogP contribution is 2.28. The number of nitrogens with zero attached hydrogens (tertiary/aromatic N) is 5. The van der Waals surface area contributed by atoms with Crippen LogP contribution in [0.1, 0.15) is 27.3 Å². The minimum Gasteiger partial charge on any atom is -0.345 e. The Morgan fingerprint density at radius 1 is 1.00 bits per heavy atom. The van der Waals surface area contributed by atoms with Gasteiger partial charge in [0.25, 0.3) is 5.91 Å². The van der Waals surface area contributed by atoms with Gasteiger partial charge in [-0.15, -0.1) is 10.2 Å². The Balaban J connectivity index is 1.32. The number of nitrogens with one attached hydrogen (secondary N) is 2. The van der Waals surface area contributed by atoms with E-state index in [9.17, 15) is 18.0 Å². The van der Waals surface area contributed by atoms with Gasteiger partial charge in [-0.3, -0.25) is 14.2 Å². The second-order valence-electron chi connectivity index (χ2n) is 9.84. The van der Waals surface area contributed by atoms with Crippen LogP contribution in [0.4, 0.5) is 5.13 Å². The van der Waals surface area contributed by atoms with E-state index in [1.165, 1.54) is 61.5 Å². The molecule has 0 spiro atoms. The molecule has 0 aliphatic carbocycles. The number of amides is 2. The molecule has 0 bridgehead atoms. The number of fused-ring (bicyclic) bond motifs is 1. The fourth-order valence-corrected chi connectivity index (χ4v) is 6.72. The third kappa shape index (κ3) is 6.77. The van der Waals surface area contributed by atoms with Crippen molar-refractivity contribution >= 4 is 60.3 Å². The molecule has 5 aromatic rings. The van der Waals surface area contributed by atoms with Crippen molar-refractivity contribution in [3.8, 4) is 5.69 Å². The van der Waals surface area contributed by atoms with Crippen LogP contribution >= 0.6 is 23.1 Å². The van der Waals surface area contributed by atoms with E-state index in [1.54, 1.807) is 0 Å². The molecule has 11 nitrogen and oxygen atoms in total. The minimum absolute atomic E-state index is 0.0510. The van der Waals surface area contributed by atoms with E-state index in [0.29, 0.717) is 21.7 Å². The van der Waals surface area contributed by atoms with E-state index in [2.05, 4.69) is 25.8 Å². The number of aromatic nitrogens is 4. The van der Waals surface area contributed by atoms with E-state index in [-0.39, 0.29) is 23.1 Å². The van der Waals surface area contributed by atoms with E-state index in [0.717, 1.165) is 31.3 Å². The Hall–Kier alpha value is -4.11. The number of carbonyl (C=O) groups is 2. The Morgan fingerprint density at radius 2 is 1.74 bits per heavy atom. The molecule has 2 heterocycles. The zero-order valence-corrected chi connectivity index (χ0v) is 26.3. The number of thioether (sulfide) groups is 1. The van der Waals surface area contributed by atoms with Crippen molar-refractivity contribution in [2.75, 3.05) is 25.2 Å². The van der Waals surface area contributed by atoms with Crippen LogP contribution in [0.25, 0.3) is 15.9 Å². The van der Waals surface area contributed by atoms with Crippen molar-refractivity contribution in [3.05, 3.63) is 89.2 Å². The van der Waals surface area contributed by atoms with Gasteiger partial charge in [0.1, 0.15) is 0 Å². The molecule has 0 radical (unpaired) electrons. The number of carbonyl (C=O) groups excluding carboxylic acids is 2. The van der Waals surface area contributed by atoms with Gasteiger partial charge < -0.3 is 10.6 Å². The molecule has 222 valence electrons. The molecule has 2 aromatic heterocycles. The molecule has 3 aromatic carbocycles. The highest BCUT2D eigenvalue weighted by Gasteiger charge is 2.20. The number of hydrogen-bond donors (Lipinski definition) is 2. The maximum absolute atomic E-state index is 13.0. The van der Waals surface area contributed by atoms with E-state index in [4.69, 9.17) is 0 Å². The predicted molar refractivity (Wildman–Crippen MR) is 168 cm³/mol. The smallest absolute Gasteiger partial charge is 0.251 e. The second kappa shape index (κ2) is 12.6. The molecule has 0 saturated carbocycles. The number of benzene rings is 3. The molecule has 0 saturated heterocycles. The summed E-state index contributed by atoms with van der Waals surface area (Å²) in [4.78, 5) is 30.3. The van der Waals surface area contributed by atoms with Gasteiger partial charge in [0.2, 0.25) is 15.9 Å². The van der Waals surface area contributed by atoms with Gasteiger partial charge in [-0.25, -0.2) is 17.7 Å². The quantitative estimate of drug-likeness (QED) is 0.215. The van der Waals surface area contributed by atoms with E-state index in [1.807, 2.05) is 60.9 Å². The normalized spacial score (nSPS) is 11.7. The number of aryl methyl sites for hydroxylation is 2. The highest BCUT2D eigenvalue weighted by molar-refractivity contribution is 7.99. The molecule has 0 atom stereocenters. The summed E-state index contributed by atoms with van der Waals surface area (Å²) in [6.45, 7) is 4.00. The monoisotopic (exact) mass is 635 g/mol. The lowest BCUT2D eigenvalue weighted by atomic mass is 10.1. The number of sulfonamides is 1. The van der Waals surface area contributed by atoms with Crippen LogP contribution in [0.5, 0.6) is 0 Å². The van der Waals surface area contributed by atoms with Crippen molar-refractivity contribution in [2.24, 2.45) is 0 Å². The first-order valence-electron chi connectivity index (χ1n) is 13.1. The van der Waals surface area contributed by atoms with Crippen LogP contribution in [0.2, 0.25) is 0 Å². The average molecular weight is 636 g/mol. The molecule has 14 heteroatoms. The summed E-state index contributed by atoms with van der Waals surface area (Å²) < 4.78 is 28.6. The van der Waals surface area contributed by atoms with Crippen molar-refractivity contribution in [3.63, 3.8) is 0 Å². The zero-order chi connectivity index (χ0) is 30.7. The maximum atomic E-state index is 13.0. The van der Waals surface area contributed by atoms with Gasteiger partial charge in [-0.05, 0) is 67.4 Å². The fourth-order valence-electron chi connectivity index (χ4n) is 4.17. The molecule has 2 amide bonds. The van der Waals surface area contributed by atoms with Crippen molar-refractivity contribution in [1.29, 1.82) is 0 Å². The summed E-state index contributed by atoms with van der Waals surface area (Å²) in [6, 6.07) is 19.4. The van der Waals surface area contributed by atoms with E-state index >= 15 is 0 Å². The number of para-hydroxylation sites is 1. The first kappa shape index (κ1) is 30.4. The first-order chi connectivity index (χ1) is 20.5. The lowest BCUT2D eigenvalue weighted by Crippen LogP contribution is -2.25. The van der Waals surface area contributed by atoms with Gasteiger partial charge in [0, 0.05) is 19.7 Å². The molecule has 0 unspecified atom stereocenters. The zero-order valence-electron chi connectivity index (χ0n) is 23.9. The van der Waals surface area contributed by atoms with Gasteiger partial charge in [0.15, 0.2) is 16.1 Å². The highest BCUT2D eigenvalue weighted by atomic mass is 32.2. The topological polar surface area (TPSA) is 139 Å². The summed E-state index contributed by atoms with van der Waals surface area (Å²) in [7, 11) is -0.709. The standard InChI is InChI=1S/C29H29N7O4S3/c1-18-9-10-19(2)23(15-18)36-25(16-30-27(38)20-11-13-21(14-12-20)43(39,40)35(3)4)33-34-29(36)41-17-26(37)32-28-31-22-7-5-6-8-24(22)42-28/h5-15H,16-17H2,1-4H3,(H,30,38)(H,31,32,37). The van der Waals surface area contributed by atoms with Crippen LogP contribution in [0, 0.1) is 13.8 Å². The molecule has 0 aliphatic heterocycles. The van der Waals surface area contributed by atoms with Crippen LogP contribution in [0.15, 0.2) is 76.8 Å². The summed E-state index contributed by atoms with van der Waals surface area (Å²) in [5.41, 5.74) is 3.96. The lowest BCUT2D eigenvalue weighted by Gasteiger charge is -2.14. The van der Waals surface area contributed by atoms with Gasteiger partial charge in [-0.1, -0.05) is 47.4 Å². The molecular formula is C29H29N7O4S3. The van der Waals surface area contributed by atoms with Crippen molar-refractivity contribution in [1.82, 2.24) is 29.4 Å². The lowest BCUT2D eigenvalue weighted by molar-refractivity contribution is -0.113. The van der Waals surface area contributed by atoms with Crippen LogP contribution in [-0.2, 0) is 21.4 Å². The number of rotatable bonds is 10. The summed E-state index contributed by atoms with van der Waals surface area (Å²) in [6.07, 6.45) is 0. The summed E-state index contributed by atoms with van der Waals surface area (Å²) in [5.74, 6) is -0.0705. The number of anilines is 1. The first-order valence-corrected chi connectivity index (χ1v) is 16.4. The molecule has 2 N–H and O–H groups in total. The maximum Gasteiger partial charge on any atom is 0.251 e. The number of hydrogen-bond acceptors (Lipinski definition) is 9. The molecule has 0 aliphatic rings. The SMILES string of the molecule is Cc1ccc(C)c(-n2c(CNC(=O)c3ccc(S(=O)(=O)N(C)C)cc3)nnc2SCC(=O)Nc2nc3ccccc3s2)c1. The fraction of sp³-hybridized carbons (Fsp3) is 0.207. The van der Waals surface area contributed by atoms with Crippen LogP contribution < -0.4 is 10.6 Å². The van der Waals surface area contributed by atoms with Crippen LogP contribution in [-0.4, -0.2) is 64.1 Å². The summed E-state index contributed by atoms with van der Waals surface area (Å²) >= 11 is 2.64. The number of thiazole rings is 1. The van der Waals surface area contributed by atoms with Crippen molar-refractivity contribution in [2.45, 2.75) is 30.4 Å². The Kier molecular flexibility index (Phi) is 8.92. The third-order valence-electron chi connectivity index (χ3n) is 6.48. The average Bonchev–Trinajstić information content (AvgIpc) is 3.59. The Labute approximate surface area is 257 Å².